The van der Waals surface area contributed by atoms with E-state index in [9.17, 15) is 13.2 Å². The van der Waals surface area contributed by atoms with Gasteiger partial charge in [0.15, 0.2) is 9.84 Å². The molecule has 0 atom stereocenters. The van der Waals surface area contributed by atoms with Crippen molar-refractivity contribution in [2.75, 3.05) is 31.1 Å². The zero-order valence-corrected chi connectivity index (χ0v) is 11.2. The first-order valence-corrected chi connectivity index (χ1v) is 8.03. The molecule has 2 N–H and O–H groups in total. The van der Waals surface area contributed by atoms with Gasteiger partial charge in [0, 0.05) is 6.54 Å². The average Bonchev–Trinajstić information content (AvgIpc) is 2.27. The van der Waals surface area contributed by atoms with Crippen LogP contribution in [0.2, 0.25) is 0 Å². The fraction of sp³-hybridized carbons (Fsp3) is 0.909. The van der Waals surface area contributed by atoms with Crippen LogP contribution in [0, 0.1) is 5.92 Å². The largest absolute Gasteiger partial charge is 0.356 e. The summed E-state index contributed by atoms with van der Waals surface area (Å²) in [6.45, 7) is 4.20. The monoisotopic (exact) mass is 262 g/mol. The number of piperidine rings is 1. The summed E-state index contributed by atoms with van der Waals surface area (Å²) in [5.74, 6) is -0.140. The Morgan fingerprint density at radius 1 is 1.35 bits per heavy atom. The number of hydrogen-bond acceptors (Lipinski definition) is 4. The molecular weight excluding hydrogens is 240 g/mol. The van der Waals surface area contributed by atoms with Crippen LogP contribution in [0.5, 0.6) is 0 Å². The van der Waals surface area contributed by atoms with Crippen LogP contribution in [0.25, 0.3) is 0 Å². The molecule has 6 heteroatoms. The number of carbonyl (C=O) groups is 1. The number of rotatable bonds is 6. The predicted molar refractivity (Wildman–Crippen MR) is 67.5 cm³/mol. The van der Waals surface area contributed by atoms with E-state index < -0.39 is 15.7 Å². The van der Waals surface area contributed by atoms with Crippen LogP contribution in [0.1, 0.15) is 26.2 Å². The van der Waals surface area contributed by atoms with Crippen LogP contribution in [-0.2, 0) is 14.6 Å². The maximum Gasteiger partial charge on any atom is 0.235 e. The van der Waals surface area contributed by atoms with Gasteiger partial charge in [-0.05, 0) is 45.2 Å². The highest BCUT2D eigenvalue weighted by atomic mass is 32.2. The van der Waals surface area contributed by atoms with E-state index in [0.29, 0.717) is 18.9 Å². The molecule has 1 heterocycles. The van der Waals surface area contributed by atoms with Gasteiger partial charge in [-0.25, -0.2) is 8.42 Å². The van der Waals surface area contributed by atoms with Crippen molar-refractivity contribution < 1.29 is 13.2 Å². The molecule has 0 aliphatic carbocycles. The van der Waals surface area contributed by atoms with Crippen LogP contribution in [-0.4, -0.2) is 45.5 Å². The summed E-state index contributed by atoms with van der Waals surface area (Å²) in [7, 11) is -3.23. The molecule has 100 valence electrons. The molecule has 0 bridgehead atoms. The van der Waals surface area contributed by atoms with Gasteiger partial charge in [-0.1, -0.05) is 0 Å². The van der Waals surface area contributed by atoms with Crippen LogP contribution in [0.4, 0.5) is 0 Å². The van der Waals surface area contributed by atoms with Gasteiger partial charge in [-0.15, -0.1) is 0 Å². The second-order valence-corrected chi connectivity index (χ2v) is 6.71. The van der Waals surface area contributed by atoms with Crippen molar-refractivity contribution in [3.63, 3.8) is 0 Å². The zero-order chi connectivity index (χ0) is 12.7. The molecule has 0 unspecified atom stereocenters. The van der Waals surface area contributed by atoms with Crippen molar-refractivity contribution >= 4 is 15.7 Å². The van der Waals surface area contributed by atoms with E-state index in [4.69, 9.17) is 0 Å². The summed E-state index contributed by atoms with van der Waals surface area (Å²) in [6.07, 6.45) is 2.76. The van der Waals surface area contributed by atoms with Crippen molar-refractivity contribution in [2.45, 2.75) is 26.2 Å². The summed E-state index contributed by atoms with van der Waals surface area (Å²) in [6, 6.07) is 0. The lowest BCUT2D eigenvalue weighted by Gasteiger charge is -2.22. The van der Waals surface area contributed by atoms with Crippen molar-refractivity contribution in [1.29, 1.82) is 0 Å². The second-order valence-electron chi connectivity index (χ2n) is 4.53. The first-order valence-electron chi connectivity index (χ1n) is 6.21. The van der Waals surface area contributed by atoms with E-state index in [-0.39, 0.29) is 11.5 Å². The minimum Gasteiger partial charge on any atom is -0.356 e. The fourth-order valence-electron chi connectivity index (χ4n) is 2.04. The number of nitrogens with one attached hydrogen (secondary N) is 2. The molecule has 0 aromatic heterocycles. The van der Waals surface area contributed by atoms with Crippen LogP contribution < -0.4 is 10.6 Å². The molecule has 1 saturated heterocycles. The Balaban J connectivity index is 2.30. The van der Waals surface area contributed by atoms with Gasteiger partial charge in [0.05, 0.1) is 5.75 Å². The van der Waals surface area contributed by atoms with Crippen LogP contribution >= 0.6 is 0 Å². The van der Waals surface area contributed by atoms with E-state index in [1.54, 1.807) is 6.92 Å². The molecule has 1 aliphatic heterocycles. The topological polar surface area (TPSA) is 75.3 Å². The van der Waals surface area contributed by atoms with Gasteiger partial charge < -0.3 is 10.6 Å². The minimum absolute atomic E-state index is 0.134. The van der Waals surface area contributed by atoms with E-state index in [1.807, 2.05) is 0 Å². The van der Waals surface area contributed by atoms with Crippen molar-refractivity contribution in [3.8, 4) is 0 Å². The quantitative estimate of drug-likeness (QED) is 0.702. The Hall–Kier alpha value is -0.620. The molecule has 0 saturated carbocycles. The van der Waals surface area contributed by atoms with Gasteiger partial charge >= 0.3 is 0 Å². The molecule has 1 fully saturated rings. The highest BCUT2D eigenvalue weighted by molar-refractivity contribution is 7.92. The second kappa shape index (κ2) is 6.96. The first kappa shape index (κ1) is 14.4. The predicted octanol–water partition coefficient (Wildman–Crippen LogP) is -0.0730. The molecule has 5 nitrogen and oxygen atoms in total. The van der Waals surface area contributed by atoms with E-state index in [2.05, 4.69) is 10.6 Å². The van der Waals surface area contributed by atoms with Gasteiger partial charge in [-0.3, -0.25) is 4.79 Å². The van der Waals surface area contributed by atoms with Gasteiger partial charge in [0.2, 0.25) is 5.91 Å². The molecule has 1 rings (SSSR count). The third kappa shape index (κ3) is 6.02. The molecule has 1 amide bonds. The summed E-state index contributed by atoms with van der Waals surface area (Å²) < 4.78 is 23.4. The standard InChI is InChI=1S/C11H22N2O3S/c1-2-13-11(14)9-17(15,16)8-5-10-3-6-12-7-4-10/h10,12H,2-9H2,1H3,(H,13,14). The Morgan fingerprint density at radius 3 is 2.59 bits per heavy atom. The molecular formula is C11H22N2O3S. The lowest BCUT2D eigenvalue weighted by molar-refractivity contribution is -0.118. The Morgan fingerprint density at radius 2 is 2.00 bits per heavy atom. The molecule has 17 heavy (non-hydrogen) atoms. The first-order chi connectivity index (χ1) is 8.03. The van der Waals surface area contributed by atoms with E-state index in [0.717, 1.165) is 25.9 Å². The zero-order valence-electron chi connectivity index (χ0n) is 10.4. The number of amides is 1. The third-order valence-corrected chi connectivity index (χ3v) is 4.58. The Labute approximate surface area is 103 Å². The maximum absolute atomic E-state index is 11.7. The Bertz CT molecular complexity index is 335. The highest BCUT2D eigenvalue weighted by Crippen LogP contribution is 2.16. The third-order valence-electron chi connectivity index (χ3n) is 3.02. The molecule has 1 aliphatic rings. The maximum atomic E-state index is 11.7. The molecule has 0 aromatic rings. The molecule has 0 spiro atoms. The van der Waals surface area contributed by atoms with Crippen LogP contribution in [0.15, 0.2) is 0 Å². The summed E-state index contributed by atoms with van der Waals surface area (Å²) in [5.41, 5.74) is 0. The summed E-state index contributed by atoms with van der Waals surface area (Å²) in [4.78, 5) is 11.2. The van der Waals surface area contributed by atoms with Gasteiger partial charge in [0.1, 0.15) is 5.75 Å². The minimum atomic E-state index is -3.23. The fourth-order valence-corrected chi connectivity index (χ4v) is 3.38. The lowest BCUT2D eigenvalue weighted by Crippen LogP contribution is -2.32. The number of hydrogen-bond donors (Lipinski definition) is 2. The van der Waals surface area contributed by atoms with Crippen LogP contribution in [0.3, 0.4) is 0 Å². The molecule has 0 radical (unpaired) electrons. The summed E-state index contributed by atoms with van der Waals surface area (Å²) in [5, 5.41) is 5.76. The van der Waals surface area contributed by atoms with E-state index >= 15 is 0 Å². The SMILES string of the molecule is CCNC(=O)CS(=O)(=O)CCC1CCNCC1. The van der Waals surface area contributed by atoms with E-state index in [1.165, 1.54) is 0 Å². The van der Waals surface area contributed by atoms with Crippen molar-refractivity contribution in [3.05, 3.63) is 0 Å². The average molecular weight is 262 g/mol. The van der Waals surface area contributed by atoms with Gasteiger partial charge in [-0.2, -0.15) is 0 Å². The lowest BCUT2D eigenvalue weighted by atomic mass is 9.96. The normalized spacial score (nSPS) is 17.9. The molecule has 0 aromatic carbocycles. The number of carbonyl (C=O) groups excluding carboxylic acids is 1. The highest BCUT2D eigenvalue weighted by Gasteiger charge is 2.20. The Kier molecular flexibility index (Phi) is 5.91. The van der Waals surface area contributed by atoms with Crippen molar-refractivity contribution in [1.82, 2.24) is 10.6 Å². The summed E-state index contributed by atoms with van der Waals surface area (Å²) >= 11 is 0. The van der Waals surface area contributed by atoms with Crippen molar-refractivity contribution in [2.24, 2.45) is 5.92 Å². The number of sulfone groups is 1. The van der Waals surface area contributed by atoms with Gasteiger partial charge in [0.25, 0.3) is 0 Å². The smallest absolute Gasteiger partial charge is 0.235 e.